The second kappa shape index (κ2) is 6.70. The Morgan fingerprint density at radius 3 is 2.19 bits per heavy atom. The lowest BCUT2D eigenvalue weighted by atomic mass is 10.0. The number of piperazine rings is 1. The largest absolute Gasteiger partial charge is 0.478 e. The number of amides is 1. The Bertz CT molecular complexity index is 832. The van der Waals surface area contributed by atoms with Crippen molar-refractivity contribution in [1.82, 2.24) is 9.21 Å². The summed E-state index contributed by atoms with van der Waals surface area (Å²) in [6.45, 7) is 5.73. The van der Waals surface area contributed by atoms with E-state index in [0.29, 0.717) is 19.0 Å². The van der Waals surface area contributed by atoms with Crippen LogP contribution in [-0.4, -0.2) is 60.8 Å². The number of sulfonamides is 1. The van der Waals surface area contributed by atoms with Gasteiger partial charge in [-0.05, 0) is 32.6 Å². The van der Waals surface area contributed by atoms with Crippen LogP contribution in [-0.2, 0) is 14.8 Å². The molecular weight excluding hydrogens is 360 g/mol. The van der Waals surface area contributed by atoms with Crippen LogP contribution in [0.25, 0.3) is 0 Å². The van der Waals surface area contributed by atoms with Gasteiger partial charge in [-0.2, -0.15) is 4.31 Å². The van der Waals surface area contributed by atoms with E-state index in [-0.39, 0.29) is 46.9 Å². The molecule has 3 rings (SSSR count). The molecule has 1 aromatic rings. The molecular formula is C17H24N2O6S. The summed E-state index contributed by atoms with van der Waals surface area (Å²) < 4.78 is 32.4. The summed E-state index contributed by atoms with van der Waals surface area (Å²) in [7, 11) is -4.00. The van der Waals surface area contributed by atoms with Crippen LogP contribution in [0.4, 0.5) is 0 Å². The first kappa shape index (κ1) is 18.9. The van der Waals surface area contributed by atoms with Crippen molar-refractivity contribution in [3.63, 3.8) is 0 Å². The molecule has 8 nitrogen and oxygen atoms in total. The molecule has 0 radical (unpaired) electrons. The third-order valence-corrected chi connectivity index (χ3v) is 7.34. The number of carbonyl (C=O) groups is 2. The molecule has 1 amide bonds. The molecule has 1 aliphatic heterocycles. The number of aryl methyl sites for hydroxylation is 2. The van der Waals surface area contributed by atoms with Crippen LogP contribution < -0.4 is 0 Å². The van der Waals surface area contributed by atoms with Gasteiger partial charge in [0.2, 0.25) is 15.9 Å². The number of rotatable bonds is 5. The van der Waals surface area contributed by atoms with Crippen molar-refractivity contribution in [1.29, 1.82) is 0 Å². The number of hydrogen-bond donors (Lipinski definition) is 1. The highest BCUT2D eigenvalue weighted by molar-refractivity contribution is 7.89. The van der Waals surface area contributed by atoms with Crippen LogP contribution in [0.1, 0.15) is 41.6 Å². The SMILES string of the molecule is Cc1oc(C)c(S(=O)(=O)N2CCN(C(=O)C(C)C3CC3)CC2)c1C(=O)O. The van der Waals surface area contributed by atoms with Crippen LogP contribution in [0.5, 0.6) is 0 Å². The van der Waals surface area contributed by atoms with Crippen LogP contribution >= 0.6 is 0 Å². The van der Waals surface area contributed by atoms with Crippen molar-refractivity contribution in [3.05, 3.63) is 17.1 Å². The summed E-state index contributed by atoms with van der Waals surface area (Å²) in [5.41, 5.74) is -0.316. The minimum absolute atomic E-state index is 0.0180. The van der Waals surface area contributed by atoms with Crippen molar-refractivity contribution in [2.45, 2.75) is 38.5 Å². The molecule has 1 atom stereocenters. The molecule has 0 spiro atoms. The maximum absolute atomic E-state index is 13.0. The molecule has 144 valence electrons. The van der Waals surface area contributed by atoms with Crippen molar-refractivity contribution in [2.24, 2.45) is 11.8 Å². The molecule has 1 aromatic heterocycles. The highest BCUT2D eigenvalue weighted by Crippen LogP contribution is 2.37. The van der Waals surface area contributed by atoms with Gasteiger partial charge in [-0.15, -0.1) is 0 Å². The number of carboxylic acids is 1. The van der Waals surface area contributed by atoms with Gasteiger partial charge in [-0.1, -0.05) is 6.92 Å². The summed E-state index contributed by atoms with van der Waals surface area (Å²) in [5.74, 6) is -0.674. The quantitative estimate of drug-likeness (QED) is 0.824. The summed E-state index contributed by atoms with van der Waals surface area (Å²) in [6, 6.07) is 0. The van der Waals surface area contributed by atoms with Gasteiger partial charge in [0.05, 0.1) is 0 Å². The Labute approximate surface area is 152 Å². The highest BCUT2D eigenvalue weighted by atomic mass is 32.2. The molecule has 1 saturated carbocycles. The van der Waals surface area contributed by atoms with Crippen LogP contribution in [0.2, 0.25) is 0 Å². The Hall–Kier alpha value is -1.87. The van der Waals surface area contributed by atoms with Gasteiger partial charge in [0, 0.05) is 32.1 Å². The van der Waals surface area contributed by atoms with Gasteiger partial charge < -0.3 is 14.4 Å². The Kier molecular flexibility index (Phi) is 4.87. The highest BCUT2D eigenvalue weighted by Gasteiger charge is 2.39. The van der Waals surface area contributed by atoms with E-state index in [9.17, 15) is 23.1 Å². The van der Waals surface area contributed by atoms with Gasteiger partial charge in [0.15, 0.2) is 0 Å². The van der Waals surface area contributed by atoms with Crippen LogP contribution in [0.3, 0.4) is 0 Å². The topological polar surface area (TPSA) is 108 Å². The zero-order chi connectivity index (χ0) is 19.2. The van der Waals surface area contributed by atoms with Gasteiger partial charge in [-0.25, -0.2) is 13.2 Å². The van der Waals surface area contributed by atoms with E-state index in [1.54, 1.807) is 4.90 Å². The van der Waals surface area contributed by atoms with Crippen molar-refractivity contribution < 1.29 is 27.5 Å². The molecule has 1 saturated heterocycles. The Balaban J connectivity index is 1.77. The minimum Gasteiger partial charge on any atom is -0.478 e. The minimum atomic E-state index is -4.00. The predicted molar refractivity (Wildman–Crippen MR) is 92.4 cm³/mol. The lowest BCUT2D eigenvalue weighted by molar-refractivity contribution is -0.136. The third kappa shape index (κ3) is 3.25. The number of nitrogens with zero attached hydrogens (tertiary/aromatic N) is 2. The summed E-state index contributed by atoms with van der Waals surface area (Å²) in [5, 5.41) is 9.36. The van der Waals surface area contributed by atoms with Crippen molar-refractivity contribution in [2.75, 3.05) is 26.2 Å². The zero-order valence-electron chi connectivity index (χ0n) is 15.2. The molecule has 2 fully saturated rings. The Morgan fingerprint density at radius 2 is 1.69 bits per heavy atom. The first-order valence-electron chi connectivity index (χ1n) is 8.76. The van der Waals surface area contributed by atoms with Gasteiger partial charge in [0.1, 0.15) is 22.0 Å². The lowest BCUT2D eigenvalue weighted by Crippen LogP contribution is -2.52. The number of carbonyl (C=O) groups excluding carboxylic acids is 1. The maximum Gasteiger partial charge on any atom is 0.340 e. The monoisotopic (exact) mass is 384 g/mol. The summed E-state index contributed by atoms with van der Waals surface area (Å²) in [6.07, 6.45) is 2.16. The standard InChI is InChI=1S/C17H24N2O6S/c1-10(13-4-5-13)16(20)18-6-8-19(9-7-18)26(23,24)15-12(3)25-11(2)14(15)17(21)22/h10,13H,4-9H2,1-3H3,(H,21,22). The Morgan fingerprint density at radius 1 is 1.12 bits per heavy atom. The van der Waals surface area contributed by atoms with Crippen molar-refractivity contribution >= 4 is 21.9 Å². The van der Waals surface area contributed by atoms with Crippen LogP contribution in [0.15, 0.2) is 9.31 Å². The average molecular weight is 384 g/mol. The molecule has 9 heteroatoms. The number of aromatic carboxylic acids is 1. The average Bonchev–Trinajstić information content (AvgIpc) is 3.37. The second-order valence-corrected chi connectivity index (χ2v) is 8.95. The first-order chi connectivity index (χ1) is 12.1. The molecule has 0 aromatic carbocycles. The molecule has 2 heterocycles. The molecule has 2 aliphatic rings. The molecule has 26 heavy (non-hydrogen) atoms. The normalized spacial score (nSPS) is 20.2. The van der Waals surface area contributed by atoms with E-state index in [4.69, 9.17) is 4.42 Å². The van der Waals surface area contributed by atoms with Crippen LogP contribution in [0, 0.1) is 25.7 Å². The summed E-state index contributed by atoms with van der Waals surface area (Å²) >= 11 is 0. The second-order valence-electron chi connectivity index (χ2n) is 7.08. The fourth-order valence-corrected chi connectivity index (χ4v) is 5.38. The van der Waals surface area contributed by atoms with E-state index in [2.05, 4.69) is 0 Å². The smallest absolute Gasteiger partial charge is 0.340 e. The van der Waals surface area contributed by atoms with Gasteiger partial charge in [-0.3, -0.25) is 4.79 Å². The lowest BCUT2D eigenvalue weighted by Gasteiger charge is -2.35. The fraction of sp³-hybridized carbons (Fsp3) is 0.647. The van der Waals surface area contributed by atoms with E-state index in [1.807, 2.05) is 6.92 Å². The van der Waals surface area contributed by atoms with Gasteiger partial charge >= 0.3 is 5.97 Å². The molecule has 1 aliphatic carbocycles. The molecule has 1 unspecified atom stereocenters. The van der Waals surface area contributed by atoms with Crippen molar-refractivity contribution in [3.8, 4) is 0 Å². The molecule has 0 bridgehead atoms. The van der Waals surface area contributed by atoms with Gasteiger partial charge in [0.25, 0.3) is 0 Å². The number of carboxylic acid groups (broad SMARTS) is 1. The van der Waals surface area contributed by atoms with E-state index in [1.165, 1.54) is 18.2 Å². The number of hydrogen-bond acceptors (Lipinski definition) is 5. The predicted octanol–water partition coefficient (Wildman–Crippen LogP) is 1.47. The maximum atomic E-state index is 13.0. The van der Waals surface area contributed by atoms with E-state index in [0.717, 1.165) is 12.8 Å². The third-order valence-electron chi connectivity index (χ3n) is 5.29. The molecule has 1 N–H and O–H groups in total. The zero-order valence-corrected chi connectivity index (χ0v) is 16.0. The summed E-state index contributed by atoms with van der Waals surface area (Å²) in [4.78, 5) is 25.4. The number of furan rings is 1. The first-order valence-corrected chi connectivity index (χ1v) is 10.2. The fourth-order valence-electron chi connectivity index (χ4n) is 3.59. The van der Waals surface area contributed by atoms with E-state index >= 15 is 0 Å². The van der Waals surface area contributed by atoms with E-state index < -0.39 is 16.0 Å².